The summed E-state index contributed by atoms with van der Waals surface area (Å²) in [4.78, 5) is 7.18. The van der Waals surface area contributed by atoms with Crippen molar-refractivity contribution in [3.8, 4) is 0 Å². The number of aromatic nitrogens is 1. The minimum Gasteiger partial charge on any atom is -0.392 e. The van der Waals surface area contributed by atoms with Crippen molar-refractivity contribution in [3.05, 3.63) is 71.4 Å². The highest BCUT2D eigenvalue weighted by molar-refractivity contribution is 7.17. The molecule has 1 aliphatic carbocycles. The van der Waals surface area contributed by atoms with Gasteiger partial charge in [-0.15, -0.1) is 11.3 Å². The second kappa shape index (κ2) is 10.3. The molecule has 4 heteroatoms. The first-order chi connectivity index (χ1) is 15.8. The second-order valence-corrected chi connectivity index (χ2v) is 10.4. The third-order valence-electron chi connectivity index (χ3n) is 7.49. The van der Waals surface area contributed by atoms with Crippen LogP contribution in [0.15, 0.2) is 60.1 Å². The van der Waals surface area contributed by atoms with Crippen molar-refractivity contribution in [1.29, 1.82) is 0 Å². The maximum Gasteiger partial charge on any atom is 0.0652 e. The van der Waals surface area contributed by atoms with Crippen molar-refractivity contribution in [2.24, 2.45) is 5.92 Å². The number of hydrogen-bond acceptors (Lipinski definition) is 4. The van der Waals surface area contributed by atoms with Crippen molar-refractivity contribution >= 4 is 27.0 Å². The molecule has 1 fully saturated rings. The van der Waals surface area contributed by atoms with Crippen LogP contribution in [0.3, 0.4) is 0 Å². The first-order valence-corrected chi connectivity index (χ1v) is 13.1. The lowest BCUT2D eigenvalue weighted by Crippen LogP contribution is -2.35. The van der Waals surface area contributed by atoms with Gasteiger partial charge in [-0.1, -0.05) is 43.5 Å². The van der Waals surface area contributed by atoms with Crippen LogP contribution in [0.5, 0.6) is 0 Å². The summed E-state index contributed by atoms with van der Waals surface area (Å²) in [5, 5.41) is 14.8. The first kappa shape index (κ1) is 21.8. The van der Waals surface area contributed by atoms with Crippen LogP contribution in [0, 0.1) is 5.92 Å². The molecule has 1 saturated carbocycles. The SMILES string of the molecule is OC(C1CCCCC1)C(CCN1CC=C(c2ccc3ccsc3c2)CC1)c1ccccn1. The minimum absolute atomic E-state index is 0.130. The number of nitrogens with zero attached hydrogens (tertiary/aromatic N) is 2. The van der Waals surface area contributed by atoms with Crippen LogP contribution in [0.4, 0.5) is 0 Å². The summed E-state index contributed by atoms with van der Waals surface area (Å²) in [6.45, 7) is 3.09. The van der Waals surface area contributed by atoms with E-state index in [1.54, 1.807) is 0 Å². The van der Waals surface area contributed by atoms with Crippen LogP contribution in [0.1, 0.15) is 62.1 Å². The Morgan fingerprint density at radius 1 is 1.09 bits per heavy atom. The number of pyridine rings is 1. The highest BCUT2D eigenvalue weighted by Gasteiger charge is 2.31. The summed E-state index contributed by atoms with van der Waals surface area (Å²) in [7, 11) is 0. The Kier molecular flexibility index (Phi) is 7.01. The maximum absolute atomic E-state index is 11.3. The molecular formula is C28H34N2OS. The summed E-state index contributed by atoms with van der Waals surface area (Å²) in [6.07, 6.45) is 12.2. The van der Waals surface area contributed by atoms with E-state index >= 15 is 0 Å². The zero-order valence-electron chi connectivity index (χ0n) is 18.8. The van der Waals surface area contributed by atoms with Gasteiger partial charge in [0.1, 0.15) is 0 Å². The zero-order chi connectivity index (χ0) is 21.8. The molecule has 0 bridgehead atoms. The lowest BCUT2D eigenvalue weighted by molar-refractivity contribution is 0.0530. The van der Waals surface area contributed by atoms with Gasteiger partial charge in [-0.2, -0.15) is 0 Å². The molecule has 0 saturated heterocycles. The summed E-state index contributed by atoms with van der Waals surface area (Å²) in [6, 6.07) is 15.2. The maximum atomic E-state index is 11.3. The van der Waals surface area contributed by atoms with Crippen LogP contribution < -0.4 is 0 Å². The number of hydrogen-bond donors (Lipinski definition) is 1. The van der Waals surface area contributed by atoms with Crippen molar-refractivity contribution in [2.45, 2.75) is 57.0 Å². The highest BCUT2D eigenvalue weighted by Crippen LogP contribution is 2.35. The Labute approximate surface area is 195 Å². The van der Waals surface area contributed by atoms with Gasteiger partial charge in [0, 0.05) is 35.6 Å². The molecule has 2 aromatic heterocycles. The molecule has 0 radical (unpaired) electrons. The fraction of sp³-hybridized carbons (Fsp3) is 0.464. The number of rotatable bonds is 7. The van der Waals surface area contributed by atoms with Crippen molar-refractivity contribution in [1.82, 2.24) is 9.88 Å². The van der Waals surface area contributed by atoms with Gasteiger partial charge in [0.05, 0.1) is 6.10 Å². The molecule has 3 nitrogen and oxygen atoms in total. The fourth-order valence-corrected chi connectivity index (χ4v) is 6.37. The van der Waals surface area contributed by atoms with E-state index in [0.717, 1.165) is 51.0 Å². The number of thiophene rings is 1. The Hall–Kier alpha value is -2.01. The van der Waals surface area contributed by atoms with Crippen LogP contribution in [0.25, 0.3) is 15.7 Å². The van der Waals surface area contributed by atoms with Gasteiger partial charge in [-0.05, 0) is 84.3 Å². The van der Waals surface area contributed by atoms with E-state index in [0.29, 0.717) is 5.92 Å². The Morgan fingerprint density at radius 2 is 2.00 bits per heavy atom. The highest BCUT2D eigenvalue weighted by atomic mass is 32.1. The molecule has 2 aliphatic rings. The zero-order valence-corrected chi connectivity index (χ0v) is 19.6. The smallest absolute Gasteiger partial charge is 0.0652 e. The van der Waals surface area contributed by atoms with Crippen molar-refractivity contribution in [3.63, 3.8) is 0 Å². The first-order valence-electron chi connectivity index (χ1n) is 12.3. The quantitative estimate of drug-likeness (QED) is 0.450. The molecule has 5 rings (SSSR count). The Balaban J connectivity index is 1.23. The third-order valence-corrected chi connectivity index (χ3v) is 8.37. The fourth-order valence-electron chi connectivity index (χ4n) is 5.55. The van der Waals surface area contributed by atoms with E-state index in [1.807, 2.05) is 23.6 Å². The lowest BCUT2D eigenvalue weighted by atomic mass is 9.78. The van der Waals surface area contributed by atoms with E-state index in [9.17, 15) is 5.11 Å². The van der Waals surface area contributed by atoms with Gasteiger partial charge in [-0.25, -0.2) is 0 Å². The monoisotopic (exact) mass is 446 g/mol. The molecule has 1 aromatic carbocycles. The van der Waals surface area contributed by atoms with E-state index < -0.39 is 0 Å². The van der Waals surface area contributed by atoms with Gasteiger partial charge in [0.25, 0.3) is 0 Å². The van der Waals surface area contributed by atoms with Gasteiger partial charge < -0.3 is 5.11 Å². The lowest BCUT2D eigenvalue weighted by Gasteiger charge is -2.34. The summed E-state index contributed by atoms with van der Waals surface area (Å²) in [5.41, 5.74) is 3.90. The number of aliphatic hydroxyl groups excluding tert-OH is 1. The summed E-state index contributed by atoms with van der Waals surface area (Å²) >= 11 is 1.82. The number of benzene rings is 1. The molecule has 2 atom stereocenters. The van der Waals surface area contributed by atoms with Gasteiger partial charge >= 0.3 is 0 Å². The second-order valence-electron chi connectivity index (χ2n) is 9.49. The number of fused-ring (bicyclic) bond motifs is 1. The minimum atomic E-state index is -0.279. The van der Waals surface area contributed by atoms with E-state index in [2.05, 4.69) is 57.7 Å². The molecule has 0 amide bonds. The van der Waals surface area contributed by atoms with Crippen LogP contribution >= 0.6 is 11.3 Å². The van der Waals surface area contributed by atoms with E-state index in [-0.39, 0.29) is 12.0 Å². The average Bonchev–Trinajstić information content (AvgIpc) is 3.34. The molecule has 1 N–H and O–H groups in total. The van der Waals surface area contributed by atoms with Crippen LogP contribution in [-0.4, -0.2) is 40.7 Å². The molecule has 168 valence electrons. The molecule has 3 aromatic rings. The van der Waals surface area contributed by atoms with Gasteiger partial charge in [0.2, 0.25) is 0 Å². The summed E-state index contributed by atoms with van der Waals surface area (Å²) < 4.78 is 1.38. The summed E-state index contributed by atoms with van der Waals surface area (Å²) in [5.74, 6) is 0.557. The predicted octanol–water partition coefficient (Wildman–Crippen LogP) is 6.50. The molecule has 0 spiro atoms. The van der Waals surface area contributed by atoms with Crippen molar-refractivity contribution in [2.75, 3.05) is 19.6 Å². The predicted molar refractivity (Wildman–Crippen MR) is 135 cm³/mol. The standard InChI is InChI=1S/C28H34N2OS/c31-28(23-6-2-1-3-7-23)25(26-8-4-5-15-29-26)13-18-30-16-11-21(12-17-30)24-10-9-22-14-19-32-27(22)20-24/h4-5,8-11,14-15,19-20,23,25,28,31H,1-3,6-7,12-13,16-18H2. The molecule has 2 unspecified atom stereocenters. The largest absolute Gasteiger partial charge is 0.392 e. The molecule has 1 aliphatic heterocycles. The third kappa shape index (κ3) is 4.98. The Morgan fingerprint density at radius 3 is 2.78 bits per heavy atom. The van der Waals surface area contributed by atoms with E-state index in [1.165, 1.54) is 40.5 Å². The van der Waals surface area contributed by atoms with Gasteiger partial charge in [-0.3, -0.25) is 9.88 Å². The molecule has 3 heterocycles. The van der Waals surface area contributed by atoms with Crippen LogP contribution in [-0.2, 0) is 0 Å². The van der Waals surface area contributed by atoms with E-state index in [4.69, 9.17) is 0 Å². The topological polar surface area (TPSA) is 36.4 Å². The van der Waals surface area contributed by atoms with Crippen LogP contribution in [0.2, 0.25) is 0 Å². The Bertz CT molecular complexity index is 1040. The molecule has 32 heavy (non-hydrogen) atoms. The molecular weight excluding hydrogens is 412 g/mol. The normalized spacial score (nSPS) is 20.2. The number of aliphatic hydroxyl groups is 1. The van der Waals surface area contributed by atoms with Gasteiger partial charge in [0.15, 0.2) is 0 Å². The average molecular weight is 447 g/mol. The van der Waals surface area contributed by atoms with Crippen molar-refractivity contribution < 1.29 is 5.11 Å².